The van der Waals surface area contributed by atoms with Gasteiger partial charge < -0.3 is 5.11 Å². The molecule has 0 saturated carbocycles. The van der Waals surface area contributed by atoms with Crippen molar-refractivity contribution < 1.29 is 5.11 Å². The molecule has 1 N–H and O–H groups in total. The van der Waals surface area contributed by atoms with Crippen LogP contribution in [0.1, 0.15) is 57.2 Å². The van der Waals surface area contributed by atoms with Gasteiger partial charge in [0.15, 0.2) is 0 Å². The molecule has 0 bridgehead atoms. The molecular formula is C14H22O. The zero-order chi connectivity index (χ0) is 11.8. The van der Waals surface area contributed by atoms with E-state index in [1.165, 1.54) is 5.56 Å². The van der Waals surface area contributed by atoms with E-state index >= 15 is 0 Å². The smallest absolute Gasteiger partial charge is 0.122 e. The largest absolute Gasteiger partial charge is 0.507 e. The maximum atomic E-state index is 10.0. The maximum Gasteiger partial charge on any atom is 0.122 e. The molecule has 0 unspecified atom stereocenters. The van der Waals surface area contributed by atoms with Gasteiger partial charge in [-0.3, -0.25) is 0 Å². The van der Waals surface area contributed by atoms with E-state index in [0.29, 0.717) is 11.7 Å². The topological polar surface area (TPSA) is 20.2 Å². The molecule has 0 aliphatic heterocycles. The lowest BCUT2D eigenvalue weighted by Crippen LogP contribution is -2.12. The standard InChI is InChI=1S/C14H22O/c1-9(2)11-7-10(3)13(15)12(8-11)14(4,5)6/h7-9,15H,1-6H3. The zero-order valence-corrected chi connectivity index (χ0v) is 10.7. The fraction of sp³-hybridized carbons (Fsp3) is 0.571. The number of aryl methyl sites for hydroxylation is 1. The molecule has 1 aromatic rings. The summed E-state index contributed by atoms with van der Waals surface area (Å²) in [6.07, 6.45) is 0. The highest BCUT2D eigenvalue weighted by Gasteiger charge is 2.20. The Morgan fingerprint density at radius 1 is 1.13 bits per heavy atom. The molecule has 15 heavy (non-hydrogen) atoms. The third-order valence-electron chi connectivity index (χ3n) is 2.80. The van der Waals surface area contributed by atoms with Crippen LogP contribution in [-0.2, 0) is 5.41 Å². The number of phenols is 1. The van der Waals surface area contributed by atoms with E-state index in [0.717, 1.165) is 11.1 Å². The molecule has 0 atom stereocenters. The van der Waals surface area contributed by atoms with Gasteiger partial charge in [0.1, 0.15) is 5.75 Å². The monoisotopic (exact) mass is 206 g/mol. The van der Waals surface area contributed by atoms with Gasteiger partial charge in [-0.05, 0) is 34.9 Å². The highest BCUT2D eigenvalue weighted by atomic mass is 16.3. The van der Waals surface area contributed by atoms with Crippen LogP contribution in [0.5, 0.6) is 5.75 Å². The first-order chi connectivity index (χ1) is 6.73. The van der Waals surface area contributed by atoms with E-state index in [2.05, 4.69) is 46.8 Å². The minimum atomic E-state index is -0.000255. The van der Waals surface area contributed by atoms with Gasteiger partial charge in [0.05, 0.1) is 0 Å². The molecule has 0 radical (unpaired) electrons. The number of benzene rings is 1. The summed E-state index contributed by atoms with van der Waals surface area (Å²) in [5, 5.41) is 10.0. The molecule has 1 aromatic carbocycles. The lowest BCUT2D eigenvalue weighted by atomic mass is 9.83. The van der Waals surface area contributed by atoms with Gasteiger partial charge in [-0.2, -0.15) is 0 Å². The molecule has 84 valence electrons. The average molecular weight is 206 g/mol. The highest BCUT2D eigenvalue weighted by molar-refractivity contribution is 5.47. The van der Waals surface area contributed by atoms with Crippen LogP contribution in [0.25, 0.3) is 0 Å². The fourth-order valence-electron chi connectivity index (χ4n) is 1.71. The van der Waals surface area contributed by atoms with Crippen LogP contribution in [0, 0.1) is 6.92 Å². The summed E-state index contributed by atoms with van der Waals surface area (Å²) >= 11 is 0. The molecule has 0 spiro atoms. The first-order valence-electron chi connectivity index (χ1n) is 5.57. The van der Waals surface area contributed by atoms with Crippen molar-refractivity contribution in [1.82, 2.24) is 0 Å². The van der Waals surface area contributed by atoms with Crippen molar-refractivity contribution >= 4 is 0 Å². The Bertz CT molecular complexity index is 356. The minimum Gasteiger partial charge on any atom is -0.507 e. The predicted molar refractivity (Wildman–Crippen MR) is 65.6 cm³/mol. The average Bonchev–Trinajstić information content (AvgIpc) is 2.06. The number of rotatable bonds is 1. The first kappa shape index (κ1) is 12.1. The summed E-state index contributed by atoms with van der Waals surface area (Å²) in [5.41, 5.74) is 3.33. The van der Waals surface area contributed by atoms with Gasteiger partial charge in [0.25, 0.3) is 0 Å². The Balaban J connectivity index is 3.38. The number of hydrogen-bond acceptors (Lipinski definition) is 1. The Morgan fingerprint density at radius 2 is 1.67 bits per heavy atom. The Labute approximate surface area is 93.1 Å². The molecular weight excluding hydrogens is 184 g/mol. The van der Waals surface area contributed by atoms with Gasteiger partial charge in [0.2, 0.25) is 0 Å². The van der Waals surface area contributed by atoms with E-state index in [1.807, 2.05) is 6.92 Å². The normalized spacial score (nSPS) is 12.2. The van der Waals surface area contributed by atoms with Crippen molar-refractivity contribution in [2.24, 2.45) is 0 Å². The Morgan fingerprint density at radius 3 is 2.07 bits per heavy atom. The molecule has 0 heterocycles. The first-order valence-corrected chi connectivity index (χ1v) is 5.57. The molecule has 0 aliphatic rings. The van der Waals surface area contributed by atoms with Gasteiger partial charge in [-0.15, -0.1) is 0 Å². The second-order valence-electron chi connectivity index (χ2n) is 5.64. The zero-order valence-electron chi connectivity index (χ0n) is 10.7. The summed E-state index contributed by atoms with van der Waals surface area (Å²) in [4.78, 5) is 0. The minimum absolute atomic E-state index is 0.000255. The second kappa shape index (κ2) is 3.88. The van der Waals surface area contributed by atoms with Crippen LogP contribution in [0.2, 0.25) is 0 Å². The summed E-state index contributed by atoms with van der Waals surface area (Å²) in [6.45, 7) is 12.7. The predicted octanol–water partition coefficient (Wildman–Crippen LogP) is 4.12. The molecule has 1 rings (SSSR count). The fourth-order valence-corrected chi connectivity index (χ4v) is 1.71. The molecule has 0 fully saturated rings. The van der Waals surface area contributed by atoms with Crippen molar-refractivity contribution in [3.8, 4) is 5.75 Å². The van der Waals surface area contributed by atoms with Crippen molar-refractivity contribution in [3.05, 3.63) is 28.8 Å². The lowest BCUT2D eigenvalue weighted by Gasteiger charge is -2.23. The van der Waals surface area contributed by atoms with E-state index in [4.69, 9.17) is 0 Å². The van der Waals surface area contributed by atoms with E-state index in [1.54, 1.807) is 0 Å². The van der Waals surface area contributed by atoms with Gasteiger partial charge in [0, 0.05) is 0 Å². The number of hydrogen-bond donors (Lipinski definition) is 1. The molecule has 0 aromatic heterocycles. The van der Waals surface area contributed by atoms with Crippen LogP contribution in [-0.4, -0.2) is 5.11 Å². The quantitative estimate of drug-likeness (QED) is 0.732. The molecule has 1 nitrogen and oxygen atoms in total. The molecule has 0 aliphatic carbocycles. The lowest BCUT2D eigenvalue weighted by molar-refractivity contribution is 0.442. The van der Waals surface area contributed by atoms with Gasteiger partial charge in [-0.1, -0.05) is 46.8 Å². The van der Waals surface area contributed by atoms with Crippen molar-refractivity contribution in [3.63, 3.8) is 0 Å². The summed E-state index contributed by atoms with van der Waals surface area (Å²) in [6, 6.07) is 4.21. The van der Waals surface area contributed by atoms with Gasteiger partial charge in [-0.25, -0.2) is 0 Å². The summed E-state index contributed by atoms with van der Waals surface area (Å²) in [5.74, 6) is 0.956. The van der Waals surface area contributed by atoms with Crippen LogP contribution < -0.4 is 0 Å². The van der Waals surface area contributed by atoms with E-state index < -0.39 is 0 Å². The molecule has 0 amide bonds. The summed E-state index contributed by atoms with van der Waals surface area (Å²) < 4.78 is 0. The van der Waals surface area contributed by atoms with Crippen molar-refractivity contribution in [2.45, 2.75) is 52.9 Å². The molecule has 0 saturated heterocycles. The van der Waals surface area contributed by atoms with Crippen molar-refractivity contribution in [1.29, 1.82) is 0 Å². The maximum absolute atomic E-state index is 10.0. The number of phenolic OH excluding ortho intramolecular Hbond substituents is 1. The molecule has 1 heteroatoms. The summed E-state index contributed by atoms with van der Waals surface area (Å²) in [7, 11) is 0. The Kier molecular flexibility index (Phi) is 3.13. The third-order valence-corrected chi connectivity index (χ3v) is 2.80. The SMILES string of the molecule is Cc1cc(C(C)C)cc(C(C)(C)C)c1O. The van der Waals surface area contributed by atoms with Crippen LogP contribution in [0.4, 0.5) is 0 Å². The Hall–Kier alpha value is -0.980. The number of aromatic hydroxyl groups is 1. The van der Waals surface area contributed by atoms with Crippen LogP contribution in [0.15, 0.2) is 12.1 Å². The van der Waals surface area contributed by atoms with E-state index in [9.17, 15) is 5.11 Å². The highest BCUT2D eigenvalue weighted by Crippen LogP contribution is 2.35. The van der Waals surface area contributed by atoms with Crippen LogP contribution >= 0.6 is 0 Å². The van der Waals surface area contributed by atoms with Crippen LogP contribution in [0.3, 0.4) is 0 Å². The van der Waals surface area contributed by atoms with Gasteiger partial charge >= 0.3 is 0 Å². The van der Waals surface area contributed by atoms with Crippen molar-refractivity contribution in [2.75, 3.05) is 0 Å². The van der Waals surface area contributed by atoms with E-state index in [-0.39, 0.29) is 5.41 Å². The second-order valence-corrected chi connectivity index (χ2v) is 5.64. The third kappa shape index (κ3) is 2.53.